The zero-order valence-electron chi connectivity index (χ0n) is 14.7. The molecule has 3 rings (SSSR count). The molecule has 0 aliphatic heterocycles. The van der Waals surface area contributed by atoms with Crippen LogP contribution in [0.4, 0.5) is 5.95 Å². The lowest BCUT2D eigenvalue weighted by atomic mass is 10.2. The zero-order valence-corrected chi connectivity index (χ0v) is 16.2. The van der Waals surface area contributed by atoms with E-state index < -0.39 is 0 Å². The molecule has 0 saturated heterocycles. The van der Waals surface area contributed by atoms with Gasteiger partial charge in [-0.2, -0.15) is 10.2 Å². The molecule has 3 aromatic rings. The third-order valence-electron chi connectivity index (χ3n) is 3.70. The average molecular weight is 389 g/mol. The van der Waals surface area contributed by atoms with Crippen LogP contribution in [0.5, 0.6) is 0 Å². The van der Waals surface area contributed by atoms with Gasteiger partial charge in [0.1, 0.15) is 5.15 Å². The molecule has 1 aromatic carbocycles. The van der Waals surface area contributed by atoms with Crippen LogP contribution in [0.1, 0.15) is 28.2 Å². The van der Waals surface area contributed by atoms with Crippen molar-refractivity contribution in [3.05, 3.63) is 68.7 Å². The lowest BCUT2D eigenvalue weighted by Crippen LogP contribution is -2.02. The lowest BCUT2D eigenvalue weighted by molar-refractivity contribution is 0.680. The number of hydrogen-bond acceptors (Lipinski definition) is 5. The molecule has 0 unspecified atom stereocenters. The van der Waals surface area contributed by atoms with E-state index in [4.69, 9.17) is 23.2 Å². The van der Waals surface area contributed by atoms with E-state index >= 15 is 0 Å². The van der Waals surface area contributed by atoms with Crippen molar-refractivity contribution < 1.29 is 0 Å². The van der Waals surface area contributed by atoms with E-state index in [-0.39, 0.29) is 0 Å². The molecule has 0 radical (unpaired) electrons. The topological polar surface area (TPSA) is 68.0 Å². The number of anilines is 1. The first kappa shape index (κ1) is 18.4. The second-order valence-electron chi connectivity index (χ2n) is 5.92. The molecule has 8 heteroatoms. The molecular weight excluding hydrogens is 371 g/mol. The van der Waals surface area contributed by atoms with Crippen LogP contribution in [-0.2, 0) is 6.54 Å². The third-order valence-corrected chi connectivity index (χ3v) is 4.35. The van der Waals surface area contributed by atoms with Crippen LogP contribution < -0.4 is 5.43 Å². The molecule has 0 fully saturated rings. The molecule has 2 heterocycles. The minimum absolute atomic E-state index is 0.445. The monoisotopic (exact) mass is 388 g/mol. The second kappa shape index (κ2) is 7.85. The van der Waals surface area contributed by atoms with Gasteiger partial charge in [-0.05, 0) is 44.5 Å². The average Bonchev–Trinajstić information content (AvgIpc) is 2.83. The lowest BCUT2D eigenvalue weighted by Gasteiger charge is -2.04. The molecule has 0 spiro atoms. The summed E-state index contributed by atoms with van der Waals surface area (Å²) >= 11 is 12.4. The smallest absolute Gasteiger partial charge is 0.243 e. The summed E-state index contributed by atoms with van der Waals surface area (Å²) in [6.07, 6.45) is 1.63. The highest BCUT2D eigenvalue weighted by Crippen LogP contribution is 2.20. The minimum atomic E-state index is 0.445. The van der Waals surface area contributed by atoms with Gasteiger partial charge < -0.3 is 0 Å². The summed E-state index contributed by atoms with van der Waals surface area (Å²) in [4.78, 5) is 8.56. The van der Waals surface area contributed by atoms with Gasteiger partial charge >= 0.3 is 0 Å². The van der Waals surface area contributed by atoms with Crippen molar-refractivity contribution in [3.8, 4) is 0 Å². The van der Waals surface area contributed by atoms with Crippen LogP contribution in [0.3, 0.4) is 0 Å². The van der Waals surface area contributed by atoms with Crippen molar-refractivity contribution in [2.75, 3.05) is 5.43 Å². The number of benzene rings is 1. The zero-order chi connectivity index (χ0) is 18.7. The van der Waals surface area contributed by atoms with Gasteiger partial charge in [0.15, 0.2) is 0 Å². The SMILES string of the molecule is Cc1cc(C)nc(NN=Cc2c(C)nn(Cc3ccc(Cl)cc3)c2Cl)n1. The Hall–Kier alpha value is -2.44. The van der Waals surface area contributed by atoms with Crippen molar-refractivity contribution in [2.45, 2.75) is 27.3 Å². The molecule has 0 saturated carbocycles. The summed E-state index contributed by atoms with van der Waals surface area (Å²) in [6.45, 7) is 6.26. The Morgan fingerprint density at radius 3 is 2.38 bits per heavy atom. The van der Waals surface area contributed by atoms with Gasteiger partial charge in [0, 0.05) is 16.4 Å². The number of nitrogens with zero attached hydrogens (tertiary/aromatic N) is 5. The standard InChI is InChI=1S/C18H18Cl2N6/c1-11-8-12(2)23-18(22-11)24-21-9-16-13(3)25-26(17(16)20)10-14-4-6-15(19)7-5-14/h4-9H,10H2,1-3H3,(H,22,23,24). The summed E-state index contributed by atoms with van der Waals surface area (Å²) < 4.78 is 1.73. The largest absolute Gasteiger partial charge is 0.249 e. The van der Waals surface area contributed by atoms with Crippen LogP contribution in [0.25, 0.3) is 0 Å². The maximum absolute atomic E-state index is 6.47. The van der Waals surface area contributed by atoms with Gasteiger partial charge in [0.2, 0.25) is 5.95 Å². The van der Waals surface area contributed by atoms with Gasteiger partial charge in [-0.15, -0.1) is 0 Å². The van der Waals surface area contributed by atoms with E-state index in [1.807, 2.05) is 51.1 Å². The Balaban J connectivity index is 1.76. The van der Waals surface area contributed by atoms with E-state index in [1.165, 1.54) is 0 Å². The number of hydrogen-bond donors (Lipinski definition) is 1. The Kier molecular flexibility index (Phi) is 5.54. The van der Waals surface area contributed by atoms with Gasteiger partial charge in [0.05, 0.1) is 24.0 Å². The summed E-state index contributed by atoms with van der Waals surface area (Å²) in [5.74, 6) is 0.445. The van der Waals surface area contributed by atoms with Crippen molar-refractivity contribution in [1.82, 2.24) is 19.7 Å². The Morgan fingerprint density at radius 1 is 1.08 bits per heavy atom. The summed E-state index contributed by atoms with van der Waals surface area (Å²) in [5, 5.41) is 9.89. The van der Waals surface area contributed by atoms with Crippen LogP contribution in [0.2, 0.25) is 10.2 Å². The van der Waals surface area contributed by atoms with Crippen molar-refractivity contribution in [3.63, 3.8) is 0 Å². The Bertz CT molecular complexity index is 927. The molecule has 0 aliphatic rings. The molecule has 26 heavy (non-hydrogen) atoms. The van der Waals surface area contributed by atoms with Crippen molar-refractivity contribution in [1.29, 1.82) is 0 Å². The molecular formula is C18H18Cl2N6. The summed E-state index contributed by atoms with van der Waals surface area (Å²) in [7, 11) is 0. The maximum Gasteiger partial charge on any atom is 0.243 e. The molecule has 0 amide bonds. The second-order valence-corrected chi connectivity index (χ2v) is 6.71. The third kappa shape index (κ3) is 4.39. The molecule has 0 bridgehead atoms. The summed E-state index contributed by atoms with van der Waals surface area (Å²) in [5.41, 5.74) is 7.18. The fraction of sp³-hybridized carbons (Fsp3) is 0.222. The number of aromatic nitrogens is 4. The predicted octanol–water partition coefficient (Wildman–Crippen LogP) is 4.40. The maximum atomic E-state index is 6.47. The molecule has 0 aliphatic carbocycles. The fourth-order valence-corrected chi connectivity index (χ4v) is 2.92. The van der Waals surface area contributed by atoms with Crippen molar-refractivity contribution >= 4 is 35.4 Å². The van der Waals surface area contributed by atoms with Gasteiger partial charge in [0.25, 0.3) is 0 Å². The molecule has 134 valence electrons. The summed E-state index contributed by atoms with van der Waals surface area (Å²) in [6, 6.07) is 9.48. The van der Waals surface area contributed by atoms with Gasteiger partial charge in [-0.25, -0.2) is 20.1 Å². The van der Waals surface area contributed by atoms with E-state index in [0.717, 1.165) is 28.2 Å². The van der Waals surface area contributed by atoms with Crippen molar-refractivity contribution in [2.24, 2.45) is 5.10 Å². The number of nitrogens with one attached hydrogen (secondary N) is 1. The quantitative estimate of drug-likeness (QED) is 0.519. The number of hydrazone groups is 1. The first-order chi connectivity index (χ1) is 12.4. The normalized spacial score (nSPS) is 11.3. The van der Waals surface area contributed by atoms with E-state index in [1.54, 1.807) is 10.9 Å². The van der Waals surface area contributed by atoms with E-state index in [0.29, 0.717) is 22.7 Å². The number of rotatable bonds is 5. The van der Waals surface area contributed by atoms with Gasteiger partial charge in [-0.3, -0.25) is 0 Å². The van der Waals surface area contributed by atoms with Crippen LogP contribution >= 0.6 is 23.2 Å². The highest BCUT2D eigenvalue weighted by atomic mass is 35.5. The van der Waals surface area contributed by atoms with Crippen LogP contribution in [0.15, 0.2) is 35.4 Å². The van der Waals surface area contributed by atoms with E-state index in [9.17, 15) is 0 Å². The number of aryl methyl sites for hydroxylation is 3. The minimum Gasteiger partial charge on any atom is -0.249 e. The molecule has 0 atom stereocenters. The van der Waals surface area contributed by atoms with Crippen LogP contribution in [0, 0.1) is 20.8 Å². The Labute approximate surface area is 161 Å². The van der Waals surface area contributed by atoms with E-state index in [2.05, 4.69) is 25.6 Å². The molecule has 6 nitrogen and oxygen atoms in total. The van der Waals surface area contributed by atoms with Gasteiger partial charge in [-0.1, -0.05) is 35.3 Å². The highest BCUT2D eigenvalue weighted by Gasteiger charge is 2.12. The molecule has 2 aromatic heterocycles. The number of halogens is 2. The highest BCUT2D eigenvalue weighted by molar-refractivity contribution is 6.32. The predicted molar refractivity (Wildman–Crippen MR) is 105 cm³/mol. The molecule has 1 N–H and O–H groups in total. The fourth-order valence-electron chi connectivity index (χ4n) is 2.51. The Morgan fingerprint density at radius 2 is 1.73 bits per heavy atom. The first-order valence-electron chi connectivity index (χ1n) is 8.01. The van der Waals surface area contributed by atoms with Crippen LogP contribution in [-0.4, -0.2) is 26.0 Å². The first-order valence-corrected chi connectivity index (χ1v) is 8.76.